The summed E-state index contributed by atoms with van der Waals surface area (Å²) in [5.74, 6) is 0.522. The van der Waals surface area contributed by atoms with Gasteiger partial charge >= 0.3 is 0 Å². The van der Waals surface area contributed by atoms with Gasteiger partial charge in [0.2, 0.25) is 0 Å². The largest absolute Gasteiger partial charge is 0.505 e. The first-order valence-corrected chi connectivity index (χ1v) is 9.69. The average Bonchev–Trinajstić information content (AvgIpc) is 2.58. The van der Waals surface area contributed by atoms with Gasteiger partial charge in [-0.1, -0.05) is 41.4 Å². The van der Waals surface area contributed by atoms with Crippen LogP contribution in [-0.4, -0.2) is 21.0 Å². The second-order valence-electron chi connectivity index (χ2n) is 5.98. The molecule has 8 heteroatoms. The van der Waals surface area contributed by atoms with Crippen molar-refractivity contribution in [3.05, 3.63) is 66.0 Å². The summed E-state index contributed by atoms with van der Waals surface area (Å²) in [6.07, 6.45) is 1.51. The van der Waals surface area contributed by atoms with Crippen LogP contribution in [0.15, 0.2) is 49.2 Å². The molecule has 0 saturated heterocycles. The summed E-state index contributed by atoms with van der Waals surface area (Å²) in [6.45, 7) is 3.90. The Hall–Kier alpha value is -1.70. The fourth-order valence-corrected chi connectivity index (χ4v) is 3.62. The van der Waals surface area contributed by atoms with E-state index in [4.69, 9.17) is 11.6 Å². The van der Waals surface area contributed by atoms with E-state index in [2.05, 4.69) is 41.9 Å². The molecular weight excluding hydrogens is 485 g/mol. The molecule has 0 bridgehead atoms. The normalized spacial score (nSPS) is 11.8. The number of rotatable bonds is 3. The van der Waals surface area contributed by atoms with Crippen molar-refractivity contribution < 1.29 is 5.11 Å². The second kappa shape index (κ2) is 7.50. The second-order valence-corrected chi connectivity index (χ2v) is 8.16. The van der Waals surface area contributed by atoms with Crippen LogP contribution in [0, 0.1) is 0 Å². The molecule has 0 atom stereocenters. The lowest BCUT2D eigenvalue weighted by Crippen LogP contribution is -2.23. The summed E-state index contributed by atoms with van der Waals surface area (Å²) in [5.41, 5.74) is 1.01. The van der Waals surface area contributed by atoms with Gasteiger partial charge in [-0.15, -0.1) is 0 Å². The van der Waals surface area contributed by atoms with E-state index < -0.39 is 0 Å². The summed E-state index contributed by atoms with van der Waals surface area (Å²) in [4.78, 5) is 17.5. The van der Waals surface area contributed by atoms with Crippen LogP contribution in [0.1, 0.15) is 31.2 Å². The van der Waals surface area contributed by atoms with Crippen molar-refractivity contribution in [2.45, 2.75) is 19.8 Å². The van der Waals surface area contributed by atoms with Gasteiger partial charge in [-0.3, -0.25) is 4.79 Å². The van der Waals surface area contributed by atoms with Gasteiger partial charge in [0.05, 0.1) is 26.6 Å². The van der Waals surface area contributed by atoms with Crippen molar-refractivity contribution in [1.82, 2.24) is 9.66 Å². The Morgan fingerprint density at radius 1 is 1.27 bits per heavy atom. The van der Waals surface area contributed by atoms with Gasteiger partial charge in [-0.25, -0.2) is 4.98 Å². The van der Waals surface area contributed by atoms with Crippen LogP contribution in [0.25, 0.3) is 10.9 Å². The van der Waals surface area contributed by atoms with Gasteiger partial charge < -0.3 is 5.11 Å². The van der Waals surface area contributed by atoms with E-state index in [1.807, 2.05) is 19.9 Å². The predicted octanol–water partition coefficient (Wildman–Crippen LogP) is 5.29. The molecule has 5 nitrogen and oxygen atoms in total. The zero-order valence-electron chi connectivity index (χ0n) is 13.9. The van der Waals surface area contributed by atoms with E-state index in [1.54, 1.807) is 24.3 Å². The maximum absolute atomic E-state index is 12.9. The van der Waals surface area contributed by atoms with Gasteiger partial charge in [-0.05, 0) is 51.8 Å². The minimum Gasteiger partial charge on any atom is -0.505 e. The Morgan fingerprint density at radius 2 is 2.00 bits per heavy atom. The molecule has 0 saturated carbocycles. The SMILES string of the molecule is CC(C)c1nc2ccc(Br)cc2c(=O)n1N=Cc1cc(Cl)c(O)c(Br)c1. The molecule has 134 valence electrons. The smallest absolute Gasteiger partial charge is 0.282 e. The van der Waals surface area contributed by atoms with E-state index in [9.17, 15) is 9.90 Å². The highest BCUT2D eigenvalue weighted by molar-refractivity contribution is 9.10. The van der Waals surface area contributed by atoms with E-state index in [1.165, 1.54) is 10.9 Å². The molecule has 1 heterocycles. The van der Waals surface area contributed by atoms with E-state index >= 15 is 0 Å². The van der Waals surface area contributed by atoms with Crippen molar-refractivity contribution in [2.75, 3.05) is 0 Å². The molecule has 1 N–H and O–H groups in total. The molecule has 0 radical (unpaired) electrons. The van der Waals surface area contributed by atoms with E-state index in [-0.39, 0.29) is 22.2 Å². The van der Waals surface area contributed by atoms with Crippen LogP contribution in [0.2, 0.25) is 5.02 Å². The molecule has 0 fully saturated rings. The minimum absolute atomic E-state index is 0.00281. The number of hydrogen-bond donors (Lipinski definition) is 1. The molecule has 0 spiro atoms. The van der Waals surface area contributed by atoms with Crippen LogP contribution < -0.4 is 5.56 Å². The predicted molar refractivity (Wildman–Crippen MR) is 112 cm³/mol. The topological polar surface area (TPSA) is 67.5 Å². The highest BCUT2D eigenvalue weighted by atomic mass is 79.9. The number of fused-ring (bicyclic) bond motifs is 1. The number of phenolic OH excluding ortho intramolecular Hbond substituents is 1. The first kappa shape index (κ1) is 19.1. The van der Waals surface area contributed by atoms with Gasteiger partial charge in [0.1, 0.15) is 11.6 Å². The molecule has 26 heavy (non-hydrogen) atoms. The zero-order valence-corrected chi connectivity index (χ0v) is 17.8. The molecule has 1 aromatic heterocycles. The number of nitrogens with zero attached hydrogens (tertiary/aromatic N) is 3. The summed E-state index contributed by atoms with van der Waals surface area (Å²) in [6, 6.07) is 8.61. The number of hydrogen-bond acceptors (Lipinski definition) is 4. The van der Waals surface area contributed by atoms with Crippen molar-refractivity contribution in [3.63, 3.8) is 0 Å². The summed E-state index contributed by atoms with van der Waals surface area (Å²) in [7, 11) is 0. The van der Waals surface area contributed by atoms with Crippen LogP contribution in [0.5, 0.6) is 5.75 Å². The fraction of sp³-hybridized carbons (Fsp3) is 0.167. The van der Waals surface area contributed by atoms with Crippen molar-refractivity contribution in [2.24, 2.45) is 5.10 Å². The third-order valence-corrected chi connectivity index (χ3v) is 5.10. The summed E-state index contributed by atoms with van der Waals surface area (Å²) in [5, 5.41) is 14.7. The lowest BCUT2D eigenvalue weighted by atomic mass is 10.2. The lowest BCUT2D eigenvalue weighted by molar-refractivity contribution is 0.472. The van der Waals surface area contributed by atoms with Gasteiger partial charge in [-0.2, -0.15) is 9.78 Å². The van der Waals surface area contributed by atoms with Crippen LogP contribution in [0.4, 0.5) is 0 Å². The Labute approximate surface area is 171 Å². The maximum Gasteiger partial charge on any atom is 0.282 e. The molecule has 3 aromatic rings. The highest BCUT2D eigenvalue weighted by Crippen LogP contribution is 2.32. The van der Waals surface area contributed by atoms with Gasteiger partial charge in [0, 0.05) is 10.4 Å². The molecule has 0 aliphatic heterocycles. The molecule has 0 unspecified atom stereocenters. The number of halogens is 3. The lowest BCUT2D eigenvalue weighted by Gasteiger charge is -2.12. The molecule has 3 rings (SSSR count). The van der Waals surface area contributed by atoms with Crippen molar-refractivity contribution >= 4 is 60.6 Å². The van der Waals surface area contributed by atoms with Crippen molar-refractivity contribution in [1.29, 1.82) is 0 Å². The summed E-state index contributed by atoms with van der Waals surface area (Å²) < 4.78 is 2.54. The van der Waals surface area contributed by atoms with E-state index in [0.29, 0.717) is 26.8 Å². The highest BCUT2D eigenvalue weighted by Gasteiger charge is 2.14. The Morgan fingerprint density at radius 3 is 2.65 bits per heavy atom. The van der Waals surface area contributed by atoms with Gasteiger partial charge in [0.25, 0.3) is 5.56 Å². The number of aromatic hydroxyl groups is 1. The average molecular weight is 500 g/mol. The monoisotopic (exact) mass is 497 g/mol. The molecule has 0 amide bonds. The molecule has 2 aromatic carbocycles. The fourth-order valence-electron chi connectivity index (χ4n) is 2.44. The van der Waals surface area contributed by atoms with Crippen LogP contribution in [-0.2, 0) is 0 Å². The first-order chi connectivity index (χ1) is 12.3. The van der Waals surface area contributed by atoms with Crippen LogP contribution in [0.3, 0.4) is 0 Å². The van der Waals surface area contributed by atoms with Crippen LogP contribution >= 0.6 is 43.5 Å². The molecular formula is C18H14Br2ClN3O2. The standard InChI is InChI=1S/C18H14Br2ClN3O2/c1-9(2)17-23-15-4-3-11(19)7-12(15)18(26)24(17)22-8-10-5-13(20)16(25)14(21)6-10/h3-9,25H,1-2H3. The third kappa shape index (κ3) is 3.70. The Balaban J connectivity index is 2.19. The minimum atomic E-state index is -0.250. The number of benzene rings is 2. The zero-order chi connectivity index (χ0) is 19.0. The van der Waals surface area contributed by atoms with E-state index in [0.717, 1.165) is 4.47 Å². The third-order valence-electron chi connectivity index (χ3n) is 3.71. The van der Waals surface area contributed by atoms with Gasteiger partial charge in [0.15, 0.2) is 0 Å². The Bertz CT molecular complexity index is 1070. The first-order valence-electron chi connectivity index (χ1n) is 7.72. The summed E-state index contributed by atoms with van der Waals surface area (Å²) >= 11 is 12.6. The molecule has 0 aliphatic rings. The quantitative estimate of drug-likeness (QED) is 0.498. The number of aromatic nitrogens is 2. The molecule has 0 aliphatic carbocycles. The Kier molecular flexibility index (Phi) is 5.50. The number of phenols is 1. The van der Waals surface area contributed by atoms with Crippen molar-refractivity contribution in [3.8, 4) is 5.75 Å². The maximum atomic E-state index is 12.9.